The molecule has 0 fully saturated rings. The van der Waals surface area contributed by atoms with Gasteiger partial charge in [-0.2, -0.15) is 0 Å². The van der Waals surface area contributed by atoms with E-state index in [9.17, 15) is 9.36 Å². The Kier molecular flexibility index (Phi) is 3.53. The molecule has 0 saturated heterocycles. The van der Waals surface area contributed by atoms with Crippen molar-refractivity contribution in [1.29, 1.82) is 0 Å². The van der Waals surface area contributed by atoms with E-state index in [1.165, 1.54) is 0 Å². The van der Waals surface area contributed by atoms with E-state index < -0.39 is 13.8 Å². The molecule has 0 spiro atoms. The van der Waals surface area contributed by atoms with Gasteiger partial charge in [-0.05, 0) is 6.66 Å². The largest absolute Gasteiger partial charge is 0.481 e. The third-order valence-corrected chi connectivity index (χ3v) is 1.65. The first-order chi connectivity index (χ1) is 3.63. The van der Waals surface area contributed by atoms with Gasteiger partial charge in [0.2, 0.25) is 0 Å². The van der Waals surface area contributed by atoms with E-state index in [2.05, 4.69) is 0 Å². The molecule has 0 heterocycles. The van der Waals surface area contributed by atoms with E-state index in [4.69, 9.17) is 5.11 Å². The second kappa shape index (κ2) is 3.67. The fourth-order valence-electron chi connectivity index (χ4n) is 0.283. The summed E-state index contributed by atoms with van der Waals surface area (Å²) in [7, 11) is -1.56. The van der Waals surface area contributed by atoms with Crippen molar-refractivity contribution in [3.63, 3.8) is 0 Å². The maximum atomic E-state index is 10.3. The van der Waals surface area contributed by atoms with Crippen LogP contribution in [0.4, 0.5) is 0 Å². The molecule has 0 aromatic heterocycles. The molecule has 1 unspecified atom stereocenters. The van der Waals surface area contributed by atoms with Crippen molar-refractivity contribution in [2.24, 2.45) is 0 Å². The summed E-state index contributed by atoms with van der Waals surface area (Å²) in [5, 5.41) is 8.04. The van der Waals surface area contributed by atoms with Crippen LogP contribution < -0.4 is 0 Å². The van der Waals surface area contributed by atoms with Crippen molar-refractivity contribution in [1.82, 2.24) is 0 Å². The third-order valence-electron chi connectivity index (χ3n) is 0.691. The molecule has 0 rings (SSSR count). The van der Waals surface area contributed by atoms with Crippen molar-refractivity contribution in [2.75, 3.05) is 12.8 Å². The molecule has 1 N–H and O–H groups in total. The standard InChI is InChI=1S/C4H9O3P/c1-8(7)3-2-4(5)6/h8H,2-3H2,1H3,(H,5,6). The minimum atomic E-state index is -1.56. The molecule has 3 nitrogen and oxygen atoms in total. The van der Waals surface area contributed by atoms with Crippen LogP contribution in [0, 0.1) is 0 Å². The SMILES string of the molecule is C[PH](=O)CCC(=O)O. The van der Waals surface area contributed by atoms with Crippen LogP contribution in [0.1, 0.15) is 6.42 Å². The minimum Gasteiger partial charge on any atom is -0.481 e. The molecule has 1 atom stereocenters. The Bertz CT molecular complexity index is 95.9. The van der Waals surface area contributed by atoms with Crippen molar-refractivity contribution in [3.05, 3.63) is 0 Å². The molecular formula is C4H9O3P. The Labute approximate surface area is 48.5 Å². The second-order valence-electron chi connectivity index (χ2n) is 1.60. The summed E-state index contributed by atoms with van der Waals surface area (Å²) < 4.78 is 10.3. The van der Waals surface area contributed by atoms with Crippen LogP contribution in [0.15, 0.2) is 0 Å². The molecule has 0 bridgehead atoms. The monoisotopic (exact) mass is 136 g/mol. The minimum absolute atomic E-state index is 0.0360. The molecule has 4 heteroatoms. The van der Waals surface area contributed by atoms with Crippen LogP contribution >= 0.6 is 7.80 Å². The number of carbonyl (C=O) groups is 1. The molecule has 0 aromatic carbocycles. The molecule has 0 aliphatic rings. The fraction of sp³-hybridized carbons (Fsp3) is 0.750. The van der Waals surface area contributed by atoms with Crippen molar-refractivity contribution in [3.8, 4) is 0 Å². The lowest BCUT2D eigenvalue weighted by Crippen LogP contribution is -1.94. The molecule has 8 heavy (non-hydrogen) atoms. The van der Waals surface area contributed by atoms with Gasteiger partial charge >= 0.3 is 5.97 Å². The molecule has 0 amide bonds. The molecule has 0 aliphatic heterocycles. The van der Waals surface area contributed by atoms with E-state index in [-0.39, 0.29) is 6.42 Å². The van der Waals surface area contributed by atoms with Gasteiger partial charge in [-0.25, -0.2) is 0 Å². The van der Waals surface area contributed by atoms with Crippen LogP contribution in [0.25, 0.3) is 0 Å². The van der Waals surface area contributed by atoms with E-state index in [1.807, 2.05) is 0 Å². The number of carboxylic acid groups (broad SMARTS) is 1. The average molecular weight is 136 g/mol. The zero-order valence-corrected chi connectivity index (χ0v) is 5.68. The van der Waals surface area contributed by atoms with Gasteiger partial charge in [0.25, 0.3) is 0 Å². The van der Waals surface area contributed by atoms with Crippen molar-refractivity contribution >= 4 is 13.8 Å². The van der Waals surface area contributed by atoms with Gasteiger partial charge in [0.05, 0.1) is 14.2 Å². The number of hydrogen-bond acceptors (Lipinski definition) is 2. The highest BCUT2D eigenvalue weighted by atomic mass is 31.1. The first-order valence-electron chi connectivity index (χ1n) is 2.34. The zero-order chi connectivity index (χ0) is 6.57. The highest BCUT2D eigenvalue weighted by Crippen LogP contribution is 2.13. The average Bonchev–Trinajstić information content (AvgIpc) is 1.61. The second-order valence-corrected chi connectivity index (χ2v) is 3.50. The lowest BCUT2D eigenvalue weighted by Gasteiger charge is -1.87. The van der Waals surface area contributed by atoms with E-state index in [0.717, 1.165) is 0 Å². The maximum Gasteiger partial charge on any atom is 0.303 e. The summed E-state index contributed by atoms with van der Waals surface area (Å²) in [6.45, 7) is 1.56. The van der Waals surface area contributed by atoms with Crippen LogP contribution in [0.5, 0.6) is 0 Å². The van der Waals surface area contributed by atoms with Gasteiger partial charge < -0.3 is 9.67 Å². The van der Waals surface area contributed by atoms with E-state index >= 15 is 0 Å². The predicted molar refractivity (Wildman–Crippen MR) is 32.0 cm³/mol. The van der Waals surface area contributed by atoms with Gasteiger partial charge in [0, 0.05) is 6.16 Å². The third kappa shape index (κ3) is 5.70. The normalized spacial score (nSPS) is 13.1. The summed E-state index contributed by atoms with van der Waals surface area (Å²) >= 11 is 0. The first-order valence-corrected chi connectivity index (χ1v) is 4.45. The molecule has 0 aliphatic carbocycles. The zero-order valence-electron chi connectivity index (χ0n) is 4.68. The summed E-state index contributed by atoms with van der Waals surface area (Å²) in [5.41, 5.74) is 0. The molecular weight excluding hydrogens is 127 g/mol. The molecule has 0 radical (unpaired) electrons. The van der Waals surface area contributed by atoms with Crippen molar-refractivity contribution < 1.29 is 14.5 Å². The Balaban J connectivity index is 3.18. The van der Waals surface area contributed by atoms with Gasteiger partial charge in [0.15, 0.2) is 0 Å². The van der Waals surface area contributed by atoms with Gasteiger partial charge in [-0.3, -0.25) is 4.79 Å². The lowest BCUT2D eigenvalue weighted by atomic mass is 10.5. The molecule has 48 valence electrons. The number of rotatable bonds is 3. The van der Waals surface area contributed by atoms with Crippen molar-refractivity contribution in [2.45, 2.75) is 6.42 Å². The fourth-order valence-corrected chi connectivity index (χ4v) is 0.849. The Morgan fingerprint density at radius 2 is 2.25 bits per heavy atom. The smallest absolute Gasteiger partial charge is 0.303 e. The maximum absolute atomic E-state index is 10.3. The van der Waals surface area contributed by atoms with Crippen LogP contribution in [-0.2, 0) is 9.36 Å². The molecule has 0 aromatic rings. The molecule has 0 saturated carbocycles. The Hall–Kier alpha value is -0.300. The summed E-state index contributed by atoms with van der Waals surface area (Å²) in [6.07, 6.45) is 0.369. The first kappa shape index (κ1) is 7.70. The van der Waals surface area contributed by atoms with Crippen LogP contribution in [-0.4, -0.2) is 23.9 Å². The number of aliphatic carboxylic acids is 1. The highest BCUT2D eigenvalue weighted by Gasteiger charge is 1.96. The summed E-state index contributed by atoms with van der Waals surface area (Å²) in [4.78, 5) is 9.78. The van der Waals surface area contributed by atoms with Gasteiger partial charge in [-0.1, -0.05) is 0 Å². The quantitative estimate of drug-likeness (QED) is 0.579. The van der Waals surface area contributed by atoms with Gasteiger partial charge in [0.1, 0.15) is 0 Å². The van der Waals surface area contributed by atoms with Gasteiger partial charge in [-0.15, -0.1) is 0 Å². The lowest BCUT2D eigenvalue weighted by molar-refractivity contribution is -0.136. The Morgan fingerprint density at radius 3 is 2.38 bits per heavy atom. The highest BCUT2D eigenvalue weighted by molar-refractivity contribution is 7.43. The summed E-state index contributed by atoms with van der Waals surface area (Å²) in [5.74, 6) is -0.870. The number of carboxylic acids is 1. The van der Waals surface area contributed by atoms with E-state index in [1.54, 1.807) is 6.66 Å². The Morgan fingerprint density at radius 1 is 1.75 bits per heavy atom. The van der Waals surface area contributed by atoms with E-state index in [0.29, 0.717) is 6.16 Å². The van der Waals surface area contributed by atoms with Crippen LogP contribution in [0.3, 0.4) is 0 Å². The summed E-state index contributed by atoms with van der Waals surface area (Å²) in [6, 6.07) is 0. The topological polar surface area (TPSA) is 54.4 Å². The number of hydrogen-bond donors (Lipinski definition) is 1. The van der Waals surface area contributed by atoms with Crippen LogP contribution in [0.2, 0.25) is 0 Å². The predicted octanol–water partition coefficient (Wildman–Crippen LogP) is 0.651.